The average molecular weight is 284 g/mol. The minimum atomic E-state index is -1.10. The van der Waals surface area contributed by atoms with Gasteiger partial charge in [0.05, 0.1) is 5.56 Å². The number of rotatable bonds is 4. The van der Waals surface area contributed by atoms with Crippen LogP contribution < -0.4 is 11.1 Å². The fourth-order valence-electron chi connectivity index (χ4n) is 1.71. The summed E-state index contributed by atoms with van der Waals surface area (Å²) in [4.78, 5) is 33.8. The number of carbonyl (C=O) groups is 3. The van der Waals surface area contributed by atoms with Crippen molar-refractivity contribution < 1.29 is 19.5 Å². The zero-order valence-corrected chi connectivity index (χ0v) is 10.9. The number of anilines is 1. The molecule has 106 valence electrons. The number of primary amides is 1. The summed E-state index contributed by atoms with van der Waals surface area (Å²) in [7, 11) is 0. The van der Waals surface area contributed by atoms with Crippen LogP contribution in [0.3, 0.4) is 0 Å². The number of carboxylic acids is 1. The lowest BCUT2D eigenvalue weighted by atomic mass is 10.1. The molecule has 2 amide bonds. The molecule has 0 bridgehead atoms. The number of nitrogens with two attached hydrogens (primary N) is 1. The number of hydrogen-bond donors (Lipinski definition) is 3. The molecule has 0 unspecified atom stereocenters. The maximum Gasteiger partial charge on any atom is 0.335 e. The van der Waals surface area contributed by atoms with Gasteiger partial charge in [0.1, 0.15) is 0 Å². The van der Waals surface area contributed by atoms with Crippen LogP contribution >= 0.6 is 0 Å². The molecule has 0 saturated heterocycles. The topological polar surface area (TPSA) is 109 Å². The van der Waals surface area contributed by atoms with Crippen molar-refractivity contribution in [2.75, 3.05) is 5.32 Å². The highest BCUT2D eigenvalue weighted by Crippen LogP contribution is 2.12. The largest absolute Gasteiger partial charge is 0.478 e. The molecule has 4 N–H and O–H groups in total. The number of aromatic carboxylic acids is 1. The van der Waals surface area contributed by atoms with Gasteiger partial charge in [0, 0.05) is 16.8 Å². The molecule has 0 aliphatic carbocycles. The molecule has 0 spiro atoms. The van der Waals surface area contributed by atoms with Gasteiger partial charge in [-0.15, -0.1) is 0 Å². The predicted molar refractivity (Wildman–Crippen MR) is 76.3 cm³/mol. The van der Waals surface area contributed by atoms with Crippen molar-refractivity contribution in [3.63, 3.8) is 0 Å². The van der Waals surface area contributed by atoms with Gasteiger partial charge in [-0.1, -0.05) is 6.07 Å². The number of benzene rings is 2. The van der Waals surface area contributed by atoms with E-state index < -0.39 is 17.8 Å². The Labute approximate surface area is 120 Å². The van der Waals surface area contributed by atoms with Gasteiger partial charge in [-0.2, -0.15) is 0 Å². The van der Waals surface area contributed by atoms with E-state index in [1.54, 1.807) is 12.1 Å². The van der Waals surface area contributed by atoms with Crippen molar-refractivity contribution in [3.8, 4) is 0 Å². The summed E-state index contributed by atoms with van der Waals surface area (Å²) in [5, 5.41) is 11.5. The van der Waals surface area contributed by atoms with Crippen molar-refractivity contribution >= 4 is 23.5 Å². The first-order chi connectivity index (χ1) is 9.97. The maximum atomic E-state index is 12.0. The third kappa shape index (κ3) is 3.44. The normalized spacial score (nSPS) is 9.90. The van der Waals surface area contributed by atoms with Gasteiger partial charge in [-0.25, -0.2) is 4.79 Å². The Kier molecular flexibility index (Phi) is 3.99. The monoisotopic (exact) mass is 284 g/mol. The van der Waals surface area contributed by atoms with Crippen LogP contribution in [0.25, 0.3) is 0 Å². The van der Waals surface area contributed by atoms with E-state index in [4.69, 9.17) is 10.8 Å². The maximum absolute atomic E-state index is 12.0. The lowest BCUT2D eigenvalue weighted by Gasteiger charge is -2.06. The summed E-state index contributed by atoms with van der Waals surface area (Å²) in [5.74, 6) is -2.09. The summed E-state index contributed by atoms with van der Waals surface area (Å²) < 4.78 is 0. The third-order valence-corrected chi connectivity index (χ3v) is 2.80. The standard InChI is InChI=1S/C15H12N2O4/c16-13(18)9-4-6-12(7-5-9)17-14(19)10-2-1-3-11(8-10)15(20)21/h1-8H,(H2,16,18)(H,17,19)(H,20,21). The highest BCUT2D eigenvalue weighted by molar-refractivity contribution is 6.05. The molecule has 2 aromatic rings. The van der Waals surface area contributed by atoms with Crippen molar-refractivity contribution in [1.29, 1.82) is 0 Å². The second-order valence-electron chi connectivity index (χ2n) is 4.28. The minimum absolute atomic E-state index is 0.0340. The number of amides is 2. The van der Waals surface area contributed by atoms with Crippen LogP contribution in [0.15, 0.2) is 48.5 Å². The van der Waals surface area contributed by atoms with E-state index in [1.165, 1.54) is 36.4 Å². The number of carbonyl (C=O) groups excluding carboxylic acids is 2. The highest BCUT2D eigenvalue weighted by atomic mass is 16.4. The molecule has 0 heterocycles. The van der Waals surface area contributed by atoms with Crippen molar-refractivity contribution in [2.45, 2.75) is 0 Å². The summed E-state index contributed by atoms with van der Waals surface area (Å²) >= 11 is 0. The second kappa shape index (κ2) is 5.87. The predicted octanol–water partition coefficient (Wildman–Crippen LogP) is 1.74. The molecule has 0 atom stereocenters. The summed E-state index contributed by atoms with van der Waals surface area (Å²) in [6.07, 6.45) is 0. The van der Waals surface area contributed by atoms with Crippen LogP contribution in [0.1, 0.15) is 31.1 Å². The molecule has 21 heavy (non-hydrogen) atoms. The van der Waals surface area contributed by atoms with Gasteiger partial charge in [0.2, 0.25) is 5.91 Å². The second-order valence-corrected chi connectivity index (χ2v) is 4.28. The fourth-order valence-corrected chi connectivity index (χ4v) is 1.71. The van der Waals surface area contributed by atoms with E-state index >= 15 is 0 Å². The number of nitrogens with one attached hydrogen (secondary N) is 1. The molecule has 2 aromatic carbocycles. The lowest BCUT2D eigenvalue weighted by molar-refractivity contribution is 0.0696. The van der Waals surface area contributed by atoms with Crippen LogP contribution in [0, 0.1) is 0 Å². The van der Waals surface area contributed by atoms with Crippen LogP contribution in [-0.2, 0) is 0 Å². The van der Waals surface area contributed by atoms with Gasteiger partial charge in [-0.3, -0.25) is 9.59 Å². The van der Waals surface area contributed by atoms with E-state index in [2.05, 4.69) is 5.32 Å². The molecule has 0 aromatic heterocycles. The zero-order valence-electron chi connectivity index (χ0n) is 10.9. The van der Waals surface area contributed by atoms with E-state index in [1.807, 2.05) is 0 Å². The summed E-state index contributed by atoms with van der Waals surface area (Å²) in [6.45, 7) is 0. The molecule has 6 nitrogen and oxygen atoms in total. The first kappa shape index (κ1) is 14.3. The number of carboxylic acid groups (broad SMARTS) is 1. The van der Waals surface area contributed by atoms with E-state index in [0.717, 1.165) is 0 Å². The molecule has 6 heteroatoms. The Balaban J connectivity index is 2.16. The van der Waals surface area contributed by atoms with Gasteiger partial charge >= 0.3 is 5.97 Å². The highest BCUT2D eigenvalue weighted by Gasteiger charge is 2.10. The number of hydrogen-bond acceptors (Lipinski definition) is 3. The molecule has 0 radical (unpaired) electrons. The Morgan fingerprint density at radius 1 is 0.905 bits per heavy atom. The average Bonchev–Trinajstić information content (AvgIpc) is 2.48. The summed E-state index contributed by atoms with van der Waals surface area (Å²) in [5.41, 5.74) is 6.20. The van der Waals surface area contributed by atoms with Gasteiger partial charge in [0.25, 0.3) is 5.91 Å². The van der Waals surface area contributed by atoms with Gasteiger partial charge in [-0.05, 0) is 42.5 Å². The van der Waals surface area contributed by atoms with Crippen molar-refractivity contribution in [1.82, 2.24) is 0 Å². The Morgan fingerprint density at radius 3 is 2.10 bits per heavy atom. The molecule has 0 fully saturated rings. The van der Waals surface area contributed by atoms with Crippen molar-refractivity contribution in [3.05, 3.63) is 65.2 Å². The van der Waals surface area contributed by atoms with E-state index in [0.29, 0.717) is 11.3 Å². The van der Waals surface area contributed by atoms with Crippen LogP contribution in [0.4, 0.5) is 5.69 Å². The zero-order chi connectivity index (χ0) is 15.4. The first-order valence-electron chi connectivity index (χ1n) is 6.02. The van der Waals surface area contributed by atoms with Crippen LogP contribution in [0.5, 0.6) is 0 Å². The quantitative estimate of drug-likeness (QED) is 0.794. The SMILES string of the molecule is NC(=O)c1ccc(NC(=O)c2cccc(C(=O)O)c2)cc1. The summed E-state index contributed by atoms with van der Waals surface area (Å²) in [6, 6.07) is 11.8. The lowest BCUT2D eigenvalue weighted by Crippen LogP contribution is -2.14. The Morgan fingerprint density at radius 2 is 1.52 bits per heavy atom. The van der Waals surface area contributed by atoms with E-state index in [-0.39, 0.29) is 11.1 Å². The molecule has 0 saturated carbocycles. The van der Waals surface area contributed by atoms with Gasteiger partial charge in [0.15, 0.2) is 0 Å². The molecule has 0 aliphatic rings. The first-order valence-corrected chi connectivity index (χ1v) is 6.02. The Hall–Kier alpha value is -3.15. The molecule has 0 aliphatic heterocycles. The molecular weight excluding hydrogens is 272 g/mol. The third-order valence-electron chi connectivity index (χ3n) is 2.80. The van der Waals surface area contributed by atoms with Gasteiger partial charge < -0.3 is 16.2 Å². The van der Waals surface area contributed by atoms with Crippen LogP contribution in [0.2, 0.25) is 0 Å². The Bertz CT molecular complexity index is 708. The smallest absolute Gasteiger partial charge is 0.335 e. The van der Waals surface area contributed by atoms with E-state index in [9.17, 15) is 14.4 Å². The van der Waals surface area contributed by atoms with Crippen molar-refractivity contribution in [2.24, 2.45) is 5.73 Å². The molecule has 2 rings (SSSR count). The minimum Gasteiger partial charge on any atom is -0.478 e. The molecular formula is C15H12N2O4. The van der Waals surface area contributed by atoms with Crippen LogP contribution in [-0.4, -0.2) is 22.9 Å². The fraction of sp³-hybridized carbons (Fsp3) is 0.